The second kappa shape index (κ2) is 7.94. The number of ketones is 1. The van der Waals surface area contributed by atoms with E-state index in [0.29, 0.717) is 43.7 Å². The van der Waals surface area contributed by atoms with Crippen LogP contribution in [-0.2, 0) is 4.79 Å². The molecule has 0 unspecified atom stereocenters. The highest BCUT2D eigenvalue weighted by atomic mass is 16.5. The van der Waals surface area contributed by atoms with Crippen LogP contribution in [0.25, 0.3) is 0 Å². The Morgan fingerprint density at radius 2 is 1.95 bits per heavy atom. The highest BCUT2D eigenvalue weighted by Crippen LogP contribution is 2.21. The van der Waals surface area contributed by atoms with Gasteiger partial charge >= 0.3 is 5.97 Å². The van der Waals surface area contributed by atoms with Gasteiger partial charge in [0.15, 0.2) is 5.78 Å². The van der Waals surface area contributed by atoms with Crippen molar-refractivity contribution in [3.8, 4) is 5.75 Å². The molecule has 1 saturated heterocycles. The molecule has 22 heavy (non-hydrogen) atoms. The van der Waals surface area contributed by atoms with Crippen LogP contribution in [0.1, 0.15) is 36.5 Å². The maximum atomic E-state index is 12.4. The van der Waals surface area contributed by atoms with Gasteiger partial charge < -0.3 is 14.7 Å². The zero-order valence-electron chi connectivity index (χ0n) is 13.0. The fraction of sp³-hybridized carbons (Fsp3) is 0.529. The highest BCUT2D eigenvalue weighted by molar-refractivity contribution is 5.98. The minimum atomic E-state index is -0.707. The molecule has 1 aromatic rings. The predicted molar refractivity (Wildman–Crippen MR) is 83.4 cm³/mol. The quantitative estimate of drug-likeness (QED) is 0.784. The van der Waals surface area contributed by atoms with Crippen LogP contribution in [0.3, 0.4) is 0 Å². The number of para-hydroxylation sites is 1. The number of carboxylic acids is 1. The fourth-order valence-corrected chi connectivity index (χ4v) is 2.78. The van der Waals surface area contributed by atoms with Crippen LogP contribution in [0.2, 0.25) is 0 Å². The molecular weight excluding hydrogens is 282 g/mol. The van der Waals surface area contributed by atoms with Gasteiger partial charge in [-0.15, -0.1) is 0 Å². The largest absolute Gasteiger partial charge is 0.493 e. The van der Waals surface area contributed by atoms with Crippen LogP contribution >= 0.6 is 0 Å². The van der Waals surface area contributed by atoms with Crippen LogP contribution in [0.4, 0.5) is 0 Å². The van der Waals surface area contributed by atoms with E-state index in [-0.39, 0.29) is 11.7 Å². The Bertz CT molecular complexity index is 521. The molecule has 1 N–H and O–H groups in total. The molecule has 1 aliphatic heterocycles. The van der Waals surface area contributed by atoms with E-state index in [9.17, 15) is 9.59 Å². The number of nitrogens with zero attached hydrogens (tertiary/aromatic N) is 1. The van der Waals surface area contributed by atoms with E-state index in [1.54, 1.807) is 6.07 Å². The molecule has 0 saturated carbocycles. The molecule has 0 spiro atoms. The lowest BCUT2D eigenvalue weighted by Gasteiger charge is -2.29. The molecule has 1 aromatic carbocycles. The molecule has 2 rings (SSSR count). The topological polar surface area (TPSA) is 66.8 Å². The van der Waals surface area contributed by atoms with E-state index in [0.717, 1.165) is 13.1 Å². The number of aliphatic carboxylic acids is 1. The van der Waals surface area contributed by atoms with Gasteiger partial charge in [-0.1, -0.05) is 12.1 Å². The highest BCUT2D eigenvalue weighted by Gasteiger charge is 2.24. The molecule has 0 radical (unpaired) electrons. The smallest absolute Gasteiger partial charge is 0.306 e. The number of rotatable bonds is 7. The zero-order valence-corrected chi connectivity index (χ0v) is 13.0. The summed E-state index contributed by atoms with van der Waals surface area (Å²) >= 11 is 0. The van der Waals surface area contributed by atoms with E-state index in [4.69, 9.17) is 9.84 Å². The number of likely N-dealkylation sites (tertiary alicyclic amines) is 1. The van der Waals surface area contributed by atoms with Gasteiger partial charge in [0.2, 0.25) is 0 Å². The van der Waals surface area contributed by atoms with Gasteiger partial charge in [-0.25, -0.2) is 0 Å². The average Bonchev–Trinajstić information content (AvgIpc) is 2.54. The Kier molecular flexibility index (Phi) is 5.95. The first-order valence-corrected chi connectivity index (χ1v) is 7.82. The number of Topliss-reactive ketones (excluding diaryl/α,β-unsaturated/α-hetero) is 1. The molecule has 0 bridgehead atoms. The molecule has 1 aliphatic rings. The Morgan fingerprint density at radius 3 is 2.59 bits per heavy atom. The van der Waals surface area contributed by atoms with Crippen molar-refractivity contribution < 1.29 is 19.4 Å². The lowest BCUT2D eigenvalue weighted by molar-refractivity contribution is -0.143. The summed E-state index contributed by atoms with van der Waals surface area (Å²) in [5.74, 6) is -0.226. The first-order chi connectivity index (χ1) is 10.6. The lowest BCUT2D eigenvalue weighted by Crippen LogP contribution is -2.37. The molecular formula is C17H23NO4. The van der Waals surface area contributed by atoms with Crippen molar-refractivity contribution in [2.75, 3.05) is 26.2 Å². The third-order valence-corrected chi connectivity index (χ3v) is 4.08. The molecule has 0 atom stereocenters. The monoisotopic (exact) mass is 305 g/mol. The third-order valence-electron chi connectivity index (χ3n) is 4.08. The van der Waals surface area contributed by atoms with Crippen LogP contribution < -0.4 is 4.74 Å². The predicted octanol–water partition coefficient (Wildman–Crippen LogP) is 2.45. The number of hydrogen-bond acceptors (Lipinski definition) is 4. The standard InChI is InChI=1S/C17H23NO4/c1-2-22-16-6-4-3-5-14(16)15(19)9-12-18-10-7-13(8-11-18)17(20)21/h3-6,13H,2,7-12H2,1H3,(H,20,21). The summed E-state index contributed by atoms with van der Waals surface area (Å²) in [7, 11) is 0. The lowest BCUT2D eigenvalue weighted by atomic mass is 9.97. The zero-order chi connectivity index (χ0) is 15.9. The van der Waals surface area contributed by atoms with Gasteiger partial charge in [0.25, 0.3) is 0 Å². The SMILES string of the molecule is CCOc1ccccc1C(=O)CCN1CCC(C(=O)O)CC1. The maximum absolute atomic E-state index is 12.4. The number of ether oxygens (including phenoxy) is 1. The molecule has 1 fully saturated rings. The number of carbonyl (C=O) groups is 2. The normalized spacial score (nSPS) is 16.4. The number of carbonyl (C=O) groups excluding carboxylic acids is 1. The molecule has 0 aliphatic carbocycles. The van der Waals surface area contributed by atoms with Crippen molar-refractivity contribution in [1.82, 2.24) is 4.90 Å². The number of hydrogen-bond donors (Lipinski definition) is 1. The van der Waals surface area contributed by atoms with Gasteiger partial charge in [-0.3, -0.25) is 9.59 Å². The number of benzene rings is 1. The second-order valence-corrected chi connectivity index (χ2v) is 5.56. The number of piperidine rings is 1. The molecule has 0 aromatic heterocycles. The van der Waals surface area contributed by atoms with Crippen molar-refractivity contribution >= 4 is 11.8 Å². The van der Waals surface area contributed by atoms with Crippen LogP contribution in [0.5, 0.6) is 5.75 Å². The first-order valence-electron chi connectivity index (χ1n) is 7.82. The Labute approximate surface area is 130 Å². The van der Waals surface area contributed by atoms with Crippen molar-refractivity contribution in [1.29, 1.82) is 0 Å². The van der Waals surface area contributed by atoms with Crippen molar-refractivity contribution in [3.05, 3.63) is 29.8 Å². The summed E-state index contributed by atoms with van der Waals surface area (Å²) in [6.07, 6.45) is 1.76. The third kappa shape index (κ3) is 4.31. The van der Waals surface area contributed by atoms with Gasteiger partial charge in [0.1, 0.15) is 5.75 Å². The van der Waals surface area contributed by atoms with Gasteiger partial charge in [-0.2, -0.15) is 0 Å². The summed E-state index contributed by atoms with van der Waals surface area (Å²) in [5.41, 5.74) is 0.629. The summed E-state index contributed by atoms with van der Waals surface area (Å²) in [6, 6.07) is 7.31. The minimum Gasteiger partial charge on any atom is -0.493 e. The van der Waals surface area contributed by atoms with Crippen molar-refractivity contribution in [2.24, 2.45) is 5.92 Å². The maximum Gasteiger partial charge on any atom is 0.306 e. The average molecular weight is 305 g/mol. The summed E-state index contributed by atoms with van der Waals surface area (Å²) in [4.78, 5) is 25.4. The molecule has 120 valence electrons. The van der Waals surface area contributed by atoms with Gasteiger partial charge in [0.05, 0.1) is 18.1 Å². The second-order valence-electron chi connectivity index (χ2n) is 5.56. The van der Waals surface area contributed by atoms with E-state index < -0.39 is 5.97 Å². The summed E-state index contributed by atoms with van der Waals surface area (Å²) in [5, 5.41) is 8.99. The Morgan fingerprint density at radius 1 is 1.27 bits per heavy atom. The Balaban J connectivity index is 1.85. The minimum absolute atomic E-state index is 0.0735. The van der Waals surface area contributed by atoms with E-state index in [1.807, 2.05) is 25.1 Å². The van der Waals surface area contributed by atoms with Crippen molar-refractivity contribution in [2.45, 2.75) is 26.2 Å². The van der Waals surface area contributed by atoms with Gasteiger partial charge in [-0.05, 0) is 45.0 Å². The number of carboxylic acid groups (broad SMARTS) is 1. The first kappa shape index (κ1) is 16.5. The molecule has 5 heteroatoms. The summed E-state index contributed by atoms with van der Waals surface area (Å²) in [6.45, 7) is 4.60. The van der Waals surface area contributed by atoms with Crippen LogP contribution in [0.15, 0.2) is 24.3 Å². The van der Waals surface area contributed by atoms with Crippen LogP contribution in [0, 0.1) is 5.92 Å². The van der Waals surface area contributed by atoms with Crippen LogP contribution in [-0.4, -0.2) is 48.0 Å². The molecule has 1 heterocycles. The fourth-order valence-electron chi connectivity index (χ4n) is 2.78. The summed E-state index contributed by atoms with van der Waals surface area (Å²) < 4.78 is 5.49. The molecule has 0 amide bonds. The van der Waals surface area contributed by atoms with E-state index >= 15 is 0 Å². The van der Waals surface area contributed by atoms with E-state index in [2.05, 4.69) is 4.90 Å². The van der Waals surface area contributed by atoms with Gasteiger partial charge in [0, 0.05) is 13.0 Å². The van der Waals surface area contributed by atoms with E-state index in [1.165, 1.54) is 0 Å². The Hall–Kier alpha value is -1.88. The van der Waals surface area contributed by atoms with Crippen molar-refractivity contribution in [3.63, 3.8) is 0 Å². The molecule has 5 nitrogen and oxygen atoms in total.